The van der Waals surface area contributed by atoms with Crippen molar-refractivity contribution in [2.24, 2.45) is 0 Å². The van der Waals surface area contributed by atoms with Gasteiger partial charge in [-0.3, -0.25) is 13.9 Å². The molecule has 3 rings (SSSR count). The third-order valence-electron chi connectivity index (χ3n) is 4.55. The van der Waals surface area contributed by atoms with Crippen LogP contribution in [0.4, 0.5) is 15.8 Å². The van der Waals surface area contributed by atoms with Gasteiger partial charge in [-0.1, -0.05) is 42.5 Å². The lowest BCUT2D eigenvalue weighted by Crippen LogP contribution is -2.26. The summed E-state index contributed by atoms with van der Waals surface area (Å²) in [6.07, 6.45) is -0.306. The van der Waals surface area contributed by atoms with Crippen LogP contribution in [0.2, 0.25) is 0 Å². The summed E-state index contributed by atoms with van der Waals surface area (Å²) in [7, 11) is -2.42. The smallest absolute Gasteiger partial charge is 0.310 e. The molecule has 166 valence electrons. The van der Waals surface area contributed by atoms with Crippen LogP contribution in [0.15, 0.2) is 83.8 Å². The number of hydrogen-bond acceptors (Lipinski definition) is 5. The van der Waals surface area contributed by atoms with Crippen molar-refractivity contribution in [3.05, 3.63) is 90.2 Å². The van der Waals surface area contributed by atoms with Crippen LogP contribution in [0.3, 0.4) is 0 Å². The summed E-state index contributed by atoms with van der Waals surface area (Å²) in [4.78, 5) is 24.0. The zero-order chi connectivity index (χ0) is 23.1. The Hall–Kier alpha value is -3.72. The molecule has 7 nitrogen and oxygen atoms in total. The lowest BCUT2D eigenvalue weighted by atomic mass is 10.1. The average Bonchev–Trinajstić information content (AvgIpc) is 2.79. The van der Waals surface area contributed by atoms with Crippen molar-refractivity contribution >= 4 is 33.3 Å². The summed E-state index contributed by atoms with van der Waals surface area (Å²) < 4.78 is 45.4. The second kappa shape index (κ2) is 10.1. The second-order valence-corrected chi connectivity index (χ2v) is 8.78. The predicted molar refractivity (Wildman–Crippen MR) is 118 cm³/mol. The Labute approximate surface area is 185 Å². The number of hydrogen-bond donors (Lipinski definition) is 1. The zero-order valence-corrected chi connectivity index (χ0v) is 18.0. The molecule has 32 heavy (non-hydrogen) atoms. The molecule has 0 aliphatic rings. The van der Waals surface area contributed by atoms with E-state index < -0.39 is 34.3 Å². The molecule has 0 unspecified atom stereocenters. The first-order valence-corrected chi connectivity index (χ1v) is 11.0. The summed E-state index contributed by atoms with van der Waals surface area (Å²) in [5.41, 5.74) is 0.879. The number of amides is 1. The maximum Gasteiger partial charge on any atom is 0.310 e. The van der Waals surface area contributed by atoms with Gasteiger partial charge in [0.05, 0.1) is 17.0 Å². The SMILES string of the molecule is CN(c1ccccc1)S(=O)(=O)c1cccc(NC(=O)COC(=O)Cc2ccccc2F)c1. The number of nitrogens with zero attached hydrogens (tertiary/aromatic N) is 1. The topological polar surface area (TPSA) is 92.8 Å². The molecule has 0 fully saturated rings. The molecule has 0 radical (unpaired) electrons. The summed E-state index contributed by atoms with van der Waals surface area (Å²) >= 11 is 0. The Bertz CT molecular complexity index is 1220. The van der Waals surface area contributed by atoms with Crippen molar-refractivity contribution in [1.82, 2.24) is 0 Å². The molecule has 3 aromatic rings. The van der Waals surface area contributed by atoms with Crippen LogP contribution in [0.1, 0.15) is 5.56 Å². The molecule has 0 bridgehead atoms. The maximum atomic E-state index is 13.6. The molecule has 1 N–H and O–H groups in total. The minimum atomic E-state index is -3.85. The van der Waals surface area contributed by atoms with Crippen LogP contribution in [-0.2, 0) is 30.8 Å². The fraction of sp³-hybridized carbons (Fsp3) is 0.130. The number of nitrogens with one attached hydrogen (secondary N) is 1. The van der Waals surface area contributed by atoms with Crippen molar-refractivity contribution in [1.29, 1.82) is 0 Å². The molecule has 3 aromatic carbocycles. The molecule has 0 saturated carbocycles. The number of rotatable bonds is 8. The van der Waals surface area contributed by atoms with Gasteiger partial charge in [0.25, 0.3) is 15.9 Å². The first-order valence-electron chi connectivity index (χ1n) is 9.60. The van der Waals surface area contributed by atoms with E-state index in [2.05, 4.69) is 5.32 Å². The molecule has 0 atom stereocenters. The van der Waals surface area contributed by atoms with Crippen LogP contribution in [0.5, 0.6) is 0 Å². The number of carbonyl (C=O) groups excluding carboxylic acids is 2. The molecule has 0 saturated heterocycles. The van der Waals surface area contributed by atoms with Gasteiger partial charge in [-0.2, -0.15) is 0 Å². The lowest BCUT2D eigenvalue weighted by molar-refractivity contribution is -0.146. The number of ether oxygens (including phenoxy) is 1. The van der Waals surface area contributed by atoms with Gasteiger partial charge in [0.15, 0.2) is 6.61 Å². The highest BCUT2D eigenvalue weighted by molar-refractivity contribution is 7.92. The van der Waals surface area contributed by atoms with Crippen LogP contribution in [-0.4, -0.2) is 33.9 Å². The Morgan fingerprint density at radius 1 is 0.969 bits per heavy atom. The van der Waals surface area contributed by atoms with Gasteiger partial charge in [0.1, 0.15) is 5.82 Å². The van der Waals surface area contributed by atoms with Crippen molar-refractivity contribution in [3.8, 4) is 0 Å². The fourth-order valence-corrected chi connectivity index (χ4v) is 4.10. The first-order chi connectivity index (χ1) is 15.3. The number of halogens is 1. The highest BCUT2D eigenvalue weighted by Crippen LogP contribution is 2.23. The molecule has 9 heteroatoms. The van der Waals surface area contributed by atoms with Crippen LogP contribution >= 0.6 is 0 Å². The van der Waals surface area contributed by atoms with E-state index in [1.54, 1.807) is 36.4 Å². The third-order valence-corrected chi connectivity index (χ3v) is 6.33. The van der Waals surface area contributed by atoms with Gasteiger partial charge in [0, 0.05) is 12.7 Å². The Kier molecular flexibility index (Phi) is 7.21. The van der Waals surface area contributed by atoms with Crippen molar-refractivity contribution in [2.75, 3.05) is 23.3 Å². The third kappa shape index (κ3) is 5.70. The zero-order valence-electron chi connectivity index (χ0n) is 17.2. The van der Waals surface area contributed by atoms with Crippen LogP contribution < -0.4 is 9.62 Å². The van der Waals surface area contributed by atoms with Gasteiger partial charge >= 0.3 is 5.97 Å². The number of benzene rings is 3. The predicted octanol–water partition coefficient (Wildman–Crippen LogP) is 3.38. The van der Waals surface area contributed by atoms with E-state index >= 15 is 0 Å². The van der Waals surface area contributed by atoms with E-state index in [0.717, 1.165) is 4.31 Å². The van der Waals surface area contributed by atoms with Crippen LogP contribution in [0, 0.1) is 5.82 Å². The standard InChI is InChI=1S/C23H21FN2O5S/c1-26(19-10-3-2-4-11-19)32(29,30)20-12-7-9-18(15-20)25-22(27)16-31-23(28)14-17-8-5-6-13-21(17)24/h2-13,15H,14,16H2,1H3,(H,25,27). The van der Waals surface area contributed by atoms with Gasteiger partial charge in [0.2, 0.25) is 0 Å². The molecular weight excluding hydrogens is 435 g/mol. The summed E-state index contributed by atoms with van der Waals surface area (Å²) in [6.45, 7) is -0.589. The fourth-order valence-electron chi connectivity index (χ4n) is 2.86. The quantitative estimate of drug-likeness (QED) is 0.525. The summed E-state index contributed by atoms with van der Waals surface area (Å²) in [5.74, 6) is -1.95. The number of para-hydroxylation sites is 1. The molecule has 0 spiro atoms. The van der Waals surface area contributed by atoms with E-state index in [1.807, 2.05) is 0 Å². The summed E-state index contributed by atoms with van der Waals surface area (Å²) in [6, 6.07) is 20.1. The maximum absolute atomic E-state index is 13.6. The minimum Gasteiger partial charge on any atom is -0.455 e. The Morgan fingerprint density at radius 3 is 2.38 bits per heavy atom. The number of sulfonamides is 1. The lowest BCUT2D eigenvalue weighted by Gasteiger charge is -2.19. The summed E-state index contributed by atoms with van der Waals surface area (Å²) in [5, 5.41) is 2.49. The van der Waals surface area contributed by atoms with Gasteiger partial charge in [-0.25, -0.2) is 12.8 Å². The van der Waals surface area contributed by atoms with E-state index in [9.17, 15) is 22.4 Å². The molecule has 0 aliphatic carbocycles. The van der Waals surface area contributed by atoms with E-state index in [1.165, 1.54) is 49.5 Å². The molecular formula is C23H21FN2O5S. The minimum absolute atomic E-state index is 0.0156. The van der Waals surface area contributed by atoms with Crippen molar-refractivity contribution < 1.29 is 27.1 Å². The highest BCUT2D eigenvalue weighted by atomic mass is 32.2. The Balaban J connectivity index is 1.61. The van der Waals surface area contributed by atoms with Gasteiger partial charge < -0.3 is 10.1 Å². The molecule has 0 aromatic heterocycles. The average molecular weight is 456 g/mol. The number of anilines is 2. The van der Waals surface area contributed by atoms with Crippen LogP contribution in [0.25, 0.3) is 0 Å². The monoisotopic (exact) mass is 456 g/mol. The van der Waals surface area contributed by atoms with Gasteiger partial charge in [-0.15, -0.1) is 0 Å². The van der Waals surface area contributed by atoms with Crippen molar-refractivity contribution in [3.63, 3.8) is 0 Å². The number of esters is 1. The molecule has 0 heterocycles. The van der Waals surface area contributed by atoms with E-state index in [0.29, 0.717) is 5.69 Å². The van der Waals surface area contributed by atoms with Gasteiger partial charge in [-0.05, 0) is 42.0 Å². The first kappa shape index (κ1) is 23.0. The number of carbonyl (C=O) groups is 2. The largest absolute Gasteiger partial charge is 0.455 e. The normalized spacial score (nSPS) is 10.9. The Morgan fingerprint density at radius 2 is 1.66 bits per heavy atom. The second-order valence-electron chi connectivity index (χ2n) is 6.81. The van der Waals surface area contributed by atoms with Crippen molar-refractivity contribution in [2.45, 2.75) is 11.3 Å². The molecule has 0 aliphatic heterocycles. The highest BCUT2D eigenvalue weighted by Gasteiger charge is 2.21. The molecule has 1 amide bonds. The van der Waals surface area contributed by atoms with E-state index in [-0.39, 0.29) is 22.6 Å². The van der Waals surface area contributed by atoms with E-state index in [4.69, 9.17) is 4.74 Å².